The fraction of sp³-hybridized carbons (Fsp3) is 0.667. The second-order valence-corrected chi connectivity index (χ2v) is 8.11. The van der Waals surface area contributed by atoms with Gasteiger partial charge >= 0.3 is 0 Å². The van der Waals surface area contributed by atoms with Gasteiger partial charge in [-0.25, -0.2) is 0 Å². The SMILES string of the molecule is O=C(NC1CCCC1)c1c(NC(=O)C2CCCO2)sc2c1CCC2. The van der Waals surface area contributed by atoms with E-state index in [1.54, 1.807) is 11.3 Å². The minimum absolute atomic E-state index is 0.0102. The third-order valence-corrected chi connectivity index (χ3v) is 6.50. The topological polar surface area (TPSA) is 67.4 Å². The smallest absolute Gasteiger partial charge is 0.254 e. The van der Waals surface area contributed by atoms with Gasteiger partial charge in [0.05, 0.1) is 5.56 Å². The van der Waals surface area contributed by atoms with Crippen LogP contribution in [0.4, 0.5) is 5.00 Å². The summed E-state index contributed by atoms with van der Waals surface area (Å²) in [6.07, 6.45) is 8.89. The van der Waals surface area contributed by atoms with Crippen LogP contribution in [0.1, 0.15) is 65.7 Å². The summed E-state index contributed by atoms with van der Waals surface area (Å²) >= 11 is 1.57. The lowest BCUT2D eigenvalue weighted by Crippen LogP contribution is -2.34. The standard InChI is InChI=1S/C18H24N2O3S/c21-16(13-8-4-10-23-13)20-18-15(12-7-3-9-14(12)24-18)17(22)19-11-5-1-2-6-11/h11,13H,1-10H2,(H,19,22)(H,20,21). The van der Waals surface area contributed by atoms with E-state index in [-0.39, 0.29) is 24.0 Å². The Bertz CT molecular complexity index is 643. The molecule has 2 aliphatic carbocycles. The molecule has 4 rings (SSSR count). The first-order valence-electron chi connectivity index (χ1n) is 9.10. The molecular formula is C18H24N2O3S. The number of rotatable bonds is 4. The largest absolute Gasteiger partial charge is 0.368 e. The number of nitrogens with one attached hydrogen (secondary N) is 2. The van der Waals surface area contributed by atoms with Crippen LogP contribution in [0.5, 0.6) is 0 Å². The van der Waals surface area contributed by atoms with Crippen molar-refractivity contribution in [1.29, 1.82) is 0 Å². The summed E-state index contributed by atoms with van der Waals surface area (Å²) < 4.78 is 5.46. The van der Waals surface area contributed by atoms with Crippen molar-refractivity contribution < 1.29 is 14.3 Å². The van der Waals surface area contributed by atoms with E-state index in [0.29, 0.717) is 12.2 Å². The van der Waals surface area contributed by atoms with Crippen LogP contribution in [-0.4, -0.2) is 30.6 Å². The molecule has 0 aromatic carbocycles. The summed E-state index contributed by atoms with van der Waals surface area (Å²) in [5.74, 6) is -0.119. The zero-order valence-corrected chi connectivity index (χ0v) is 14.7. The Morgan fingerprint density at radius 3 is 2.62 bits per heavy atom. The molecule has 3 aliphatic rings. The van der Waals surface area contributed by atoms with Crippen molar-refractivity contribution in [1.82, 2.24) is 5.32 Å². The van der Waals surface area contributed by atoms with Gasteiger partial charge in [-0.15, -0.1) is 11.3 Å². The van der Waals surface area contributed by atoms with Gasteiger partial charge in [0.1, 0.15) is 11.1 Å². The fourth-order valence-electron chi connectivity index (χ4n) is 4.04. The van der Waals surface area contributed by atoms with E-state index in [0.717, 1.165) is 55.5 Å². The van der Waals surface area contributed by atoms with Gasteiger partial charge in [0.2, 0.25) is 0 Å². The van der Waals surface area contributed by atoms with Crippen LogP contribution < -0.4 is 10.6 Å². The number of aryl methyl sites for hydroxylation is 1. The summed E-state index contributed by atoms with van der Waals surface area (Å²) in [5.41, 5.74) is 1.86. The van der Waals surface area contributed by atoms with Crippen LogP contribution in [0.15, 0.2) is 0 Å². The van der Waals surface area contributed by atoms with Crippen LogP contribution in [0.2, 0.25) is 0 Å². The highest BCUT2D eigenvalue weighted by Crippen LogP contribution is 2.39. The number of anilines is 1. The highest BCUT2D eigenvalue weighted by Gasteiger charge is 2.31. The Kier molecular flexibility index (Phi) is 4.59. The first-order valence-corrected chi connectivity index (χ1v) is 9.92. The number of thiophene rings is 1. The summed E-state index contributed by atoms with van der Waals surface area (Å²) in [6.45, 7) is 0.647. The van der Waals surface area contributed by atoms with E-state index in [1.807, 2.05) is 0 Å². The predicted octanol–water partition coefficient (Wildman–Crippen LogP) is 3.03. The summed E-state index contributed by atoms with van der Waals surface area (Å²) in [5, 5.41) is 6.88. The highest BCUT2D eigenvalue weighted by molar-refractivity contribution is 7.17. The van der Waals surface area contributed by atoms with Crippen LogP contribution in [0, 0.1) is 0 Å². The normalized spacial score (nSPS) is 23.4. The van der Waals surface area contributed by atoms with Gasteiger partial charge in [0.25, 0.3) is 11.8 Å². The predicted molar refractivity (Wildman–Crippen MR) is 93.7 cm³/mol. The average Bonchev–Trinajstić information content (AvgIpc) is 3.32. The molecule has 6 heteroatoms. The number of carbonyl (C=O) groups is 2. The third-order valence-electron chi connectivity index (χ3n) is 5.30. The lowest BCUT2D eigenvalue weighted by Gasteiger charge is -2.15. The first-order chi connectivity index (χ1) is 11.7. The quantitative estimate of drug-likeness (QED) is 0.879. The van der Waals surface area contributed by atoms with Gasteiger partial charge in [0, 0.05) is 17.5 Å². The van der Waals surface area contributed by atoms with E-state index in [9.17, 15) is 9.59 Å². The number of fused-ring (bicyclic) bond motifs is 1. The molecular weight excluding hydrogens is 324 g/mol. The summed E-state index contributed by atoms with van der Waals surface area (Å²) in [7, 11) is 0. The van der Waals surface area contributed by atoms with Crippen LogP contribution in [0.3, 0.4) is 0 Å². The van der Waals surface area contributed by atoms with Gasteiger partial charge in [-0.2, -0.15) is 0 Å². The molecule has 1 saturated heterocycles. The van der Waals surface area contributed by atoms with Crippen molar-refractivity contribution in [3.63, 3.8) is 0 Å². The molecule has 2 fully saturated rings. The van der Waals surface area contributed by atoms with Gasteiger partial charge < -0.3 is 15.4 Å². The minimum Gasteiger partial charge on any atom is -0.368 e. The molecule has 1 aromatic rings. The van der Waals surface area contributed by atoms with Crippen molar-refractivity contribution in [3.8, 4) is 0 Å². The third kappa shape index (κ3) is 3.09. The molecule has 0 spiro atoms. The van der Waals surface area contributed by atoms with Gasteiger partial charge in [-0.05, 0) is 50.5 Å². The van der Waals surface area contributed by atoms with E-state index < -0.39 is 0 Å². The number of amides is 2. The van der Waals surface area contributed by atoms with Gasteiger partial charge in [-0.3, -0.25) is 9.59 Å². The molecule has 1 aromatic heterocycles. The molecule has 0 radical (unpaired) electrons. The Balaban J connectivity index is 1.54. The minimum atomic E-state index is -0.368. The van der Waals surface area contributed by atoms with E-state index >= 15 is 0 Å². The van der Waals surface area contributed by atoms with Crippen molar-refractivity contribution in [2.45, 2.75) is 69.9 Å². The van der Waals surface area contributed by atoms with E-state index in [4.69, 9.17) is 4.74 Å². The van der Waals surface area contributed by atoms with Gasteiger partial charge in [0.15, 0.2) is 0 Å². The van der Waals surface area contributed by atoms with Crippen molar-refractivity contribution in [2.24, 2.45) is 0 Å². The molecule has 130 valence electrons. The van der Waals surface area contributed by atoms with Crippen molar-refractivity contribution in [2.75, 3.05) is 11.9 Å². The number of carbonyl (C=O) groups excluding carboxylic acids is 2. The van der Waals surface area contributed by atoms with Gasteiger partial charge in [-0.1, -0.05) is 12.8 Å². The monoisotopic (exact) mass is 348 g/mol. The molecule has 5 nitrogen and oxygen atoms in total. The molecule has 2 amide bonds. The highest BCUT2D eigenvalue weighted by atomic mass is 32.1. The van der Waals surface area contributed by atoms with Crippen LogP contribution in [0.25, 0.3) is 0 Å². The molecule has 2 N–H and O–H groups in total. The van der Waals surface area contributed by atoms with Crippen LogP contribution >= 0.6 is 11.3 Å². The average molecular weight is 348 g/mol. The molecule has 1 aliphatic heterocycles. The maximum absolute atomic E-state index is 12.9. The zero-order chi connectivity index (χ0) is 16.5. The zero-order valence-electron chi connectivity index (χ0n) is 13.9. The summed E-state index contributed by atoms with van der Waals surface area (Å²) in [6, 6.07) is 0.288. The first kappa shape index (κ1) is 16.1. The number of hydrogen-bond acceptors (Lipinski definition) is 4. The molecule has 24 heavy (non-hydrogen) atoms. The lowest BCUT2D eigenvalue weighted by molar-refractivity contribution is -0.124. The number of hydrogen-bond donors (Lipinski definition) is 2. The maximum Gasteiger partial charge on any atom is 0.254 e. The van der Waals surface area contributed by atoms with Crippen LogP contribution in [-0.2, 0) is 22.4 Å². The maximum atomic E-state index is 12.9. The lowest BCUT2D eigenvalue weighted by atomic mass is 10.1. The molecule has 1 atom stereocenters. The molecule has 1 saturated carbocycles. The van der Waals surface area contributed by atoms with Crippen molar-refractivity contribution in [3.05, 3.63) is 16.0 Å². The second kappa shape index (κ2) is 6.84. The van der Waals surface area contributed by atoms with E-state index in [1.165, 1.54) is 17.7 Å². The molecule has 2 heterocycles. The number of ether oxygens (including phenoxy) is 1. The Morgan fingerprint density at radius 2 is 1.88 bits per heavy atom. The Morgan fingerprint density at radius 1 is 1.04 bits per heavy atom. The second-order valence-electron chi connectivity index (χ2n) is 7.01. The Hall–Kier alpha value is -1.40. The molecule has 1 unspecified atom stereocenters. The molecule has 0 bridgehead atoms. The van der Waals surface area contributed by atoms with E-state index in [2.05, 4.69) is 10.6 Å². The van der Waals surface area contributed by atoms with Crippen molar-refractivity contribution >= 4 is 28.2 Å². The Labute approximate surface area is 146 Å². The fourth-order valence-corrected chi connectivity index (χ4v) is 5.33. The summed E-state index contributed by atoms with van der Waals surface area (Å²) in [4.78, 5) is 26.5.